The number of hydrogen-bond acceptors (Lipinski definition) is 9. The second-order valence-electron chi connectivity index (χ2n) is 13.9. The Hall–Kier alpha value is -2.75. The number of ether oxygens (including phenoxy) is 2. The fourth-order valence-electron chi connectivity index (χ4n) is 6.05. The quantitative estimate of drug-likeness (QED) is 0.0614. The summed E-state index contributed by atoms with van der Waals surface area (Å²) in [5.74, 6) is -0.497. The lowest BCUT2D eigenvalue weighted by atomic mass is 10.0. The molecule has 10 heteroatoms. The number of nitrogens with two attached hydrogens (primary N) is 2. The van der Waals surface area contributed by atoms with Crippen LogP contribution < -0.4 is 11.5 Å². The van der Waals surface area contributed by atoms with Crippen molar-refractivity contribution in [3.05, 3.63) is 12.5 Å². The van der Waals surface area contributed by atoms with Crippen LogP contribution in [0.5, 0.6) is 0 Å². The second kappa shape index (κ2) is 26.2. The molecule has 0 saturated carbocycles. The molecular weight excluding hydrogens is 604 g/mol. The summed E-state index contributed by atoms with van der Waals surface area (Å²) in [4.78, 5) is 37.7. The molecule has 2 rings (SSSR count). The smallest absolute Gasteiger partial charge is 0.323 e. The SMILES string of the molecule is CCCCCCCCCCCCCCCCCCCCCC(=O)OC[C@H](CCOC(=O)[C@@H](N)C(C)CC)Cn1cnc2cnc(N)nc21. The molecular formula is C38H68N6O4. The van der Waals surface area contributed by atoms with Gasteiger partial charge < -0.3 is 25.5 Å². The Labute approximate surface area is 290 Å². The van der Waals surface area contributed by atoms with E-state index in [-0.39, 0.29) is 37.0 Å². The standard InChI is InChI=1S/C38H68N6O4/c1-4-6-7-8-9-10-11-12-13-14-15-16-17-18-19-20-21-22-23-24-34(45)48-29-32(25-26-47-37(46)35(39)31(3)5-2)28-44-30-42-33-27-41-38(40)43-36(33)44/h27,30-32,35H,4-26,28-29,39H2,1-3H3,(H2,40,41,43)/t31?,32-,35+/m1/s1. The van der Waals surface area contributed by atoms with Crippen molar-refractivity contribution in [3.63, 3.8) is 0 Å². The topological polar surface area (TPSA) is 148 Å². The van der Waals surface area contributed by atoms with E-state index in [4.69, 9.17) is 20.9 Å². The fourth-order valence-corrected chi connectivity index (χ4v) is 6.05. The highest BCUT2D eigenvalue weighted by molar-refractivity contribution is 5.75. The predicted molar refractivity (Wildman–Crippen MR) is 195 cm³/mol. The molecule has 3 atom stereocenters. The van der Waals surface area contributed by atoms with Gasteiger partial charge in [-0.3, -0.25) is 9.59 Å². The molecule has 0 aliphatic heterocycles. The van der Waals surface area contributed by atoms with Crippen molar-refractivity contribution >= 4 is 29.1 Å². The first-order chi connectivity index (χ1) is 23.3. The first kappa shape index (κ1) is 41.4. The van der Waals surface area contributed by atoms with E-state index >= 15 is 0 Å². The predicted octanol–water partition coefficient (Wildman–Crippen LogP) is 8.70. The largest absolute Gasteiger partial charge is 0.465 e. The molecule has 2 aromatic heterocycles. The van der Waals surface area contributed by atoms with Gasteiger partial charge in [0.25, 0.3) is 0 Å². The molecule has 0 aliphatic rings. The van der Waals surface area contributed by atoms with Gasteiger partial charge in [-0.1, -0.05) is 143 Å². The summed E-state index contributed by atoms with van der Waals surface area (Å²) in [5, 5.41) is 0. The van der Waals surface area contributed by atoms with E-state index in [1.807, 2.05) is 18.4 Å². The Balaban J connectivity index is 1.57. The lowest BCUT2D eigenvalue weighted by Crippen LogP contribution is -2.38. The Morgan fingerprint density at radius 2 is 1.33 bits per heavy atom. The molecule has 0 saturated heterocycles. The van der Waals surface area contributed by atoms with Crippen molar-refractivity contribution in [2.45, 2.75) is 175 Å². The highest BCUT2D eigenvalue weighted by atomic mass is 16.5. The third-order valence-corrected chi connectivity index (χ3v) is 9.60. The van der Waals surface area contributed by atoms with E-state index < -0.39 is 12.0 Å². The Morgan fingerprint density at radius 3 is 1.88 bits per heavy atom. The Morgan fingerprint density at radius 1 is 0.792 bits per heavy atom. The number of carbonyl (C=O) groups excluding carboxylic acids is 2. The van der Waals surface area contributed by atoms with E-state index in [2.05, 4.69) is 21.9 Å². The van der Waals surface area contributed by atoms with Gasteiger partial charge in [0.05, 0.1) is 25.7 Å². The maximum Gasteiger partial charge on any atom is 0.323 e. The number of carbonyl (C=O) groups is 2. The lowest BCUT2D eigenvalue weighted by Gasteiger charge is -2.20. The van der Waals surface area contributed by atoms with Crippen molar-refractivity contribution in [3.8, 4) is 0 Å². The zero-order chi connectivity index (χ0) is 34.8. The summed E-state index contributed by atoms with van der Waals surface area (Å²) in [6.07, 6.45) is 30.1. The van der Waals surface area contributed by atoms with Gasteiger partial charge in [-0.15, -0.1) is 0 Å². The van der Waals surface area contributed by atoms with Gasteiger partial charge in [-0.05, 0) is 18.8 Å². The summed E-state index contributed by atoms with van der Waals surface area (Å²) in [7, 11) is 0. The minimum absolute atomic E-state index is 0.0424. The lowest BCUT2D eigenvalue weighted by molar-refractivity contribution is -0.149. The van der Waals surface area contributed by atoms with Crippen molar-refractivity contribution in [2.24, 2.45) is 17.6 Å². The van der Waals surface area contributed by atoms with Crippen LogP contribution in [0.2, 0.25) is 0 Å². The number of nitrogens with zero attached hydrogens (tertiary/aromatic N) is 4. The molecule has 0 spiro atoms. The number of rotatable bonds is 30. The van der Waals surface area contributed by atoms with Crippen LogP contribution in [0.4, 0.5) is 5.95 Å². The molecule has 0 radical (unpaired) electrons. The molecule has 0 fully saturated rings. The number of unbranched alkanes of at least 4 members (excludes halogenated alkanes) is 18. The van der Waals surface area contributed by atoms with Crippen LogP contribution >= 0.6 is 0 Å². The molecule has 0 bridgehead atoms. The van der Waals surface area contributed by atoms with Crippen molar-refractivity contribution in [1.29, 1.82) is 0 Å². The van der Waals surface area contributed by atoms with Crippen molar-refractivity contribution in [2.75, 3.05) is 18.9 Å². The van der Waals surface area contributed by atoms with Crippen LogP contribution in [0, 0.1) is 11.8 Å². The molecule has 0 aromatic carbocycles. The summed E-state index contributed by atoms with van der Waals surface area (Å²) in [6.45, 7) is 7.10. The number of fused-ring (bicyclic) bond motifs is 1. The number of imidazole rings is 1. The zero-order valence-electron chi connectivity index (χ0n) is 30.6. The molecule has 10 nitrogen and oxygen atoms in total. The van der Waals surface area contributed by atoms with Gasteiger partial charge >= 0.3 is 11.9 Å². The molecule has 48 heavy (non-hydrogen) atoms. The Bertz CT molecular complexity index is 1130. The molecule has 274 valence electrons. The molecule has 2 aromatic rings. The summed E-state index contributed by atoms with van der Waals surface area (Å²) < 4.78 is 13.0. The van der Waals surface area contributed by atoms with E-state index in [1.165, 1.54) is 103 Å². The first-order valence-corrected chi connectivity index (χ1v) is 19.4. The number of esters is 2. The second-order valence-corrected chi connectivity index (χ2v) is 13.9. The minimum atomic E-state index is -0.650. The third kappa shape index (κ3) is 18.1. The number of hydrogen-bond donors (Lipinski definition) is 2. The van der Waals surface area contributed by atoms with Gasteiger partial charge in [0.2, 0.25) is 5.95 Å². The van der Waals surface area contributed by atoms with Crippen LogP contribution in [-0.4, -0.2) is 50.7 Å². The van der Waals surface area contributed by atoms with E-state index in [0.717, 1.165) is 25.7 Å². The van der Waals surface area contributed by atoms with Gasteiger partial charge in [-0.25, -0.2) is 9.97 Å². The molecule has 0 amide bonds. The third-order valence-electron chi connectivity index (χ3n) is 9.60. The first-order valence-electron chi connectivity index (χ1n) is 19.4. The number of anilines is 1. The monoisotopic (exact) mass is 673 g/mol. The normalized spacial score (nSPS) is 13.4. The molecule has 4 N–H and O–H groups in total. The summed E-state index contributed by atoms with van der Waals surface area (Å²) in [5.41, 5.74) is 13.1. The number of aromatic nitrogens is 4. The van der Waals surface area contributed by atoms with Crippen molar-refractivity contribution in [1.82, 2.24) is 19.5 Å². The molecule has 2 heterocycles. The van der Waals surface area contributed by atoms with E-state index in [1.54, 1.807) is 12.5 Å². The fraction of sp³-hybridized carbons (Fsp3) is 0.816. The van der Waals surface area contributed by atoms with Crippen LogP contribution in [0.3, 0.4) is 0 Å². The van der Waals surface area contributed by atoms with Gasteiger partial charge in [0, 0.05) is 18.9 Å². The number of nitrogen functional groups attached to an aromatic ring is 1. The maximum absolute atomic E-state index is 12.6. The highest BCUT2D eigenvalue weighted by Gasteiger charge is 2.22. The maximum atomic E-state index is 12.6. The van der Waals surface area contributed by atoms with Gasteiger partial charge in [0.15, 0.2) is 5.65 Å². The Kier molecular flexibility index (Phi) is 22.6. The molecule has 0 aliphatic carbocycles. The minimum Gasteiger partial charge on any atom is -0.465 e. The highest BCUT2D eigenvalue weighted by Crippen LogP contribution is 2.18. The average molecular weight is 673 g/mol. The van der Waals surface area contributed by atoms with Crippen LogP contribution in [0.15, 0.2) is 12.5 Å². The summed E-state index contributed by atoms with van der Waals surface area (Å²) in [6, 6.07) is -0.650. The van der Waals surface area contributed by atoms with Crippen LogP contribution in [0.25, 0.3) is 11.2 Å². The molecule has 1 unspecified atom stereocenters. The van der Waals surface area contributed by atoms with Crippen LogP contribution in [0.1, 0.15) is 162 Å². The van der Waals surface area contributed by atoms with Gasteiger partial charge in [-0.2, -0.15) is 4.98 Å². The van der Waals surface area contributed by atoms with E-state index in [0.29, 0.717) is 30.6 Å². The van der Waals surface area contributed by atoms with E-state index in [9.17, 15) is 9.59 Å². The van der Waals surface area contributed by atoms with Crippen LogP contribution in [-0.2, 0) is 25.6 Å². The van der Waals surface area contributed by atoms with Crippen molar-refractivity contribution < 1.29 is 19.1 Å². The van der Waals surface area contributed by atoms with Gasteiger partial charge in [0.1, 0.15) is 11.6 Å². The zero-order valence-corrected chi connectivity index (χ0v) is 30.6. The average Bonchev–Trinajstić information content (AvgIpc) is 3.48. The summed E-state index contributed by atoms with van der Waals surface area (Å²) >= 11 is 0.